The first-order valence-corrected chi connectivity index (χ1v) is 4.13. The molecule has 3 N–H and O–H groups in total. The molecule has 0 aromatic heterocycles. The maximum absolute atomic E-state index is 3.85. The lowest BCUT2D eigenvalue weighted by Crippen LogP contribution is -2.39. The summed E-state index contributed by atoms with van der Waals surface area (Å²) in [6.45, 7) is 6.54. The second-order valence-electron chi connectivity index (χ2n) is 2.49. The third kappa shape index (κ3) is 4.75. The van der Waals surface area contributed by atoms with Crippen LogP contribution >= 0.6 is 0 Å². The van der Waals surface area contributed by atoms with Gasteiger partial charge in [0.2, 0.25) is 0 Å². The molecular formula is C7H16N4. The fourth-order valence-corrected chi connectivity index (χ4v) is 0.926. The summed E-state index contributed by atoms with van der Waals surface area (Å²) in [6.07, 6.45) is 1.74. The van der Waals surface area contributed by atoms with E-state index in [1.54, 1.807) is 6.34 Å². The van der Waals surface area contributed by atoms with Crippen LogP contribution in [0.15, 0.2) is 4.99 Å². The summed E-state index contributed by atoms with van der Waals surface area (Å²) in [5.41, 5.74) is 0. The molecule has 0 amide bonds. The van der Waals surface area contributed by atoms with Crippen LogP contribution in [0.4, 0.5) is 0 Å². The molecule has 1 saturated heterocycles. The molecule has 0 spiro atoms. The molecule has 4 heteroatoms. The van der Waals surface area contributed by atoms with E-state index in [-0.39, 0.29) is 0 Å². The van der Waals surface area contributed by atoms with E-state index < -0.39 is 0 Å². The van der Waals surface area contributed by atoms with E-state index in [1.807, 2.05) is 0 Å². The van der Waals surface area contributed by atoms with Gasteiger partial charge >= 0.3 is 0 Å². The molecule has 0 saturated carbocycles. The average Bonchev–Trinajstić information content (AvgIpc) is 2.64. The highest BCUT2D eigenvalue weighted by Crippen LogP contribution is 1.68. The zero-order valence-electron chi connectivity index (χ0n) is 6.77. The van der Waals surface area contributed by atoms with E-state index in [1.165, 1.54) is 0 Å². The lowest BCUT2D eigenvalue weighted by molar-refractivity contribution is 0.534. The zero-order chi connectivity index (χ0) is 7.78. The van der Waals surface area contributed by atoms with E-state index in [9.17, 15) is 0 Å². The van der Waals surface area contributed by atoms with Gasteiger partial charge in [0.05, 0.1) is 12.9 Å². The summed E-state index contributed by atoms with van der Waals surface area (Å²) in [5, 5.41) is 9.38. The molecular weight excluding hydrogens is 140 g/mol. The normalized spacial score (nSPS) is 21.8. The summed E-state index contributed by atoms with van der Waals surface area (Å²) in [4.78, 5) is 3.85. The van der Waals surface area contributed by atoms with Crippen LogP contribution in [-0.4, -0.2) is 45.6 Å². The van der Waals surface area contributed by atoms with Crippen LogP contribution in [0.3, 0.4) is 0 Å². The minimum atomic E-state index is 0.958. The largest absolute Gasteiger partial charge is 0.375 e. The number of piperazine rings is 1. The van der Waals surface area contributed by atoms with Gasteiger partial charge in [0.25, 0.3) is 0 Å². The number of hydrogen-bond acceptors (Lipinski definition) is 4. The van der Waals surface area contributed by atoms with Crippen molar-refractivity contribution in [3.8, 4) is 0 Å². The minimum absolute atomic E-state index is 0.958. The van der Waals surface area contributed by atoms with Crippen LogP contribution in [0, 0.1) is 0 Å². The Morgan fingerprint density at radius 3 is 1.73 bits per heavy atom. The molecule has 2 aliphatic rings. The molecule has 11 heavy (non-hydrogen) atoms. The number of hydrogen-bond donors (Lipinski definition) is 3. The van der Waals surface area contributed by atoms with Crippen LogP contribution in [-0.2, 0) is 0 Å². The smallest absolute Gasteiger partial charge is 0.0825 e. The Labute approximate surface area is 67.5 Å². The highest BCUT2D eigenvalue weighted by molar-refractivity contribution is 5.56. The number of nitrogens with one attached hydrogen (secondary N) is 3. The van der Waals surface area contributed by atoms with Crippen molar-refractivity contribution >= 4 is 6.34 Å². The Hall–Kier alpha value is -0.610. The quantitative estimate of drug-likeness (QED) is 0.413. The first-order valence-electron chi connectivity index (χ1n) is 4.13. The van der Waals surface area contributed by atoms with Gasteiger partial charge in [-0.05, 0) is 0 Å². The predicted octanol–water partition coefficient (Wildman–Crippen LogP) is -1.20. The maximum atomic E-state index is 3.85. The number of rotatable bonds is 0. The fraction of sp³-hybridized carbons (Fsp3) is 0.857. The number of aliphatic imine (C=N–C) groups is 1. The Bertz CT molecular complexity index is 91.5. The lowest BCUT2D eigenvalue weighted by Gasteiger charge is -2.11. The standard InChI is InChI=1S/C4H10N2.C3H6N2/c1-2-6-4-3-5-1;1-2-5-3-4-1/h5-6H,1-4H2;3H,1-2H2,(H,4,5). The maximum Gasteiger partial charge on any atom is 0.0825 e. The van der Waals surface area contributed by atoms with Crippen molar-refractivity contribution in [2.24, 2.45) is 4.99 Å². The van der Waals surface area contributed by atoms with Crippen LogP contribution in [0.1, 0.15) is 0 Å². The van der Waals surface area contributed by atoms with E-state index in [0.29, 0.717) is 0 Å². The monoisotopic (exact) mass is 156 g/mol. The molecule has 0 aliphatic carbocycles. The average molecular weight is 156 g/mol. The molecule has 0 aromatic carbocycles. The zero-order valence-corrected chi connectivity index (χ0v) is 6.77. The SMILES string of the molecule is C1=NCCN1.C1CNCCN1. The van der Waals surface area contributed by atoms with E-state index >= 15 is 0 Å². The van der Waals surface area contributed by atoms with E-state index in [4.69, 9.17) is 0 Å². The molecule has 1 fully saturated rings. The van der Waals surface area contributed by atoms with Gasteiger partial charge in [0.15, 0.2) is 0 Å². The van der Waals surface area contributed by atoms with Gasteiger partial charge < -0.3 is 16.0 Å². The summed E-state index contributed by atoms with van der Waals surface area (Å²) in [5.74, 6) is 0. The van der Waals surface area contributed by atoms with Crippen molar-refractivity contribution in [2.45, 2.75) is 0 Å². The van der Waals surface area contributed by atoms with E-state index in [2.05, 4.69) is 20.9 Å². The molecule has 2 rings (SSSR count). The summed E-state index contributed by atoms with van der Waals surface area (Å²) >= 11 is 0. The molecule has 0 unspecified atom stereocenters. The first kappa shape index (κ1) is 8.49. The Kier molecular flexibility index (Phi) is 4.72. The van der Waals surface area contributed by atoms with Gasteiger partial charge in [-0.1, -0.05) is 0 Å². The summed E-state index contributed by atoms with van der Waals surface area (Å²) in [6, 6.07) is 0. The first-order chi connectivity index (χ1) is 5.50. The van der Waals surface area contributed by atoms with Crippen molar-refractivity contribution in [1.29, 1.82) is 0 Å². The molecule has 2 aliphatic heterocycles. The van der Waals surface area contributed by atoms with Gasteiger partial charge in [-0.15, -0.1) is 0 Å². The molecule has 0 atom stereocenters. The predicted molar refractivity (Wildman–Crippen MR) is 47.1 cm³/mol. The fourth-order valence-electron chi connectivity index (χ4n) is 0.926. The molecule has 64 valence electrons. The Balaban J connectivity index is 0.000000112. The Morgan fingerprint density at radius 2 is 1.55 bits per heavy atom. The molecule has 0 bridgehead atoms. The molecule has 0 radical (unpaired) electrons. The highest BCUT2D eigenvalue weighted by atomic mass is 15.0. The topological polar surface area (TPSA) is 48.5 Å². The third-order valence-electron chi connectivity index (χ3n) is 1.52. The van der Waals surface area contributed by atoms with Crippen molar-refractivity contribution < 1.29 is 0 Å². The van der Waals surface area contributed by atoms with Crippen LogP contribution in [0.2, 0.25) is 0 Å². The summed E-state index contributed by atoms with van der Waals surface area (Å²) < 4.78 is 0. The van der Waals surface area contributed by atoms with Gasteiger partial charge in [0, 0.05) is 32.7 Å². The van der Waals surface area contributed by atoms with Crippen LogP contribution < -0.4 is 16.0 Å². The Morgan fingerprint density at radius 1 is 0.909 bits per heavy atom. The van der Waals surface area contributed by atoms with Crippen molar-refractivity contribution in [3.05, 3.63) is 0 Å². The van der Waals surface area contributed by atoms with E-state index in [0.717, 1.165) is 39.3 Å². The molecule has 4 nitrogen and oxygen atoms in total. The van der Waals surface area contributed by atoms with Gasteiger partial charge in [-0.3, -0.25) is 4.99 Å². The van der Waals surface area contributed by atoms with Gasteiger partial charge in [0.1, 0.15) is 0 Å². The highest BCUT2D eigenvalue weighted by Gasteiger charge is 1.91. The van der Waals surface area contributed by atoms with Crippen molar-refractivity contribution in [3.63, 3.8) is 0 Å². The van der Waals surface area contributed by atoms with Gasteiger partial charge in [-0.2, -0.15) is 0 Å². The lowest BCUT2D eigenvalue weighted by atomic mass is 10.4. The third-order valence-corrected chi connectivity index (χ3v) is 1.52. The minimum Gasteiger partial charge on any atom is -0.375 e. The second-order valence-corrected chi connectivity index (χ2v) is 2.49. The summed E-state index contributed by atoms with van der Waals surface area (Å²) in [7, 11) is 0. The van der Waals surface area contributed by atoms with Crippen molar-refractivity contribution in [1.82, 2.24) is 16.0 Å². The van der Waals surface area contributed by atoms with Gasteiger partial charge in [-0.25, -0.2) is 0 Å². The van der Waals surface area contributed by atoms with Crippen LogP contribution in [0.25, 0.3) is 0 Å². The second kappa shape index (κ2) is 6.12. The molecule has 0 aromatic rings. The van der Waals surface area contributed by atoms with Crippen LogP contribution in [0.5, 0.6) is 0 Å². The molecule has 2 heterocycles. The van der Waals surface area contributed by atoms with Crippen molar-refractivity contribution in [2.75, 3.05) is 39.3 Å². The number of nitrogens with zero attached hydrogens (tertiary/aromatic N) is 1.